The van der Waals surface area contributed by atoms with Crippen LogP contribution in [0.2, 0.25) is 5.02 Å². The van der Waals surface area contributed by atoms with Gasteiger partial charge >= 0.3 is 0 Å². The van der Waals surface area contributed by atoms with Gasteiger partial charge in [0.05, 0.1) is 20.5 Å². The number of hydrogen-bond acceptors (Lipinski definition) is 4. The van der Waals surface area contributed by atoms with Crippen LogP contribution in [0.1, 0.15) is 9.67 Å². The van der Waals surface area contributed by atoms with E-state index in [0.717, 1.165) is 10.1 Å². The molecule has 1 N–H and O–H groups in total. The fourth-order valence-electron chi connectivity index (χ4n) is 2.99. The standard InChI is InChI=1S/C22H16ClFN2O3S2/c1-26(31(28,29)17-5-3-2-4-6-17)16-8-10-20-14(11-16)12-21(30-20)22(27)25-15-7-9-19(24)18(23)13-15/h2-13H,1H3,(H,25,27). The molecule has 0 radical (unpaired) electrons. The summed E-state index contributed by atoms with van der Waals surface area (Å²) in [5, 5.41) is 3.34. The average molecular weight is 475 g/mol. The predicted molar refractivity (Wildman–Crippen MR) is 123 cm³/mol. The van der Waals surface area contributed by atoms with Crippen LogP contribution in [0.3, 0.4) is 0 Å². The lowest BCUT2D eigenvalue weighted by Crippen LogP contribution is -2.26. The van der Waals surface area contributed by atoms with Crippen LogP contribution in [0.4, 0.5) is 15.8 Å². The van der Waals surface area contributed by atoms with Crippen molar-refractivity contribution in [1.82, 2.24) is 0 Å². The van der Waals surface area contributed by atoms with Gasteiger partial charge in [-0.25, -0.2) is 12.8 Å². The molecule has 3 aromatic carbocycles. The Morgan fingerprint density at radius 1 is 1.03 bits per heavy atom. The number of sulfonamides is 1. The van der Waals surface area contributed by atoms with Crippen molar-refractivity contribution in [2.24, 2.45) is 0 Å². The van der Waals surface area contributed by atoms with E-state index in [4.69, 9.17) is 11.6 Å². The van der Waals surface area contributed by atoms with Crippen LogP contribution in [0, 0.1) is 5.82 Å². The SMILES string of the molecule is CN(c1ccc2sc(C(=O)Nc3ccc(F)c(Cl)c3)cc2c1)S(=O)(=O)c1ccccc1. The number of nitrogens with zero attached hydrogens (tertiary/aromatic N) is 1. The summed E-state index contributed by atoms with van der Waals surface area (Å²) < 4.78 is 41.1. The van der Waals surface area contributed by atoms with E-state index in [0.29, 0.717) is 16.3 Å². The number of halogens is 2. The molecule has 0 aliphatic heterocycles. The smallest absolute Gasteiger partial charge is 0.265 e. The molecule has 0 atom stereocenters. The van der Waals surface area contributed by atoms with Crippen LogP contribution in [0.5, 0.6) is 0 Å². The highest BCUT2D eigenvalue weighted by molar-refractivity contribution is 7.92. The minimum absolute atomic E-state index is 0.0820. The zero-order valence-corrected chi connectivity index (χ0v) is 18.6. The Labute approximate surface area is 187 Å². The maximum Gasteiger partial charge on any atom is 0.265 e. The molecule has 31 heavy (non-hydrogen) atoms. The first kappa shape index (κ1) is 21.3. The van der Waals surface area contributed by atoms with Gasteiger partial charge < -0.3 is 5.32 Å². The number of carbonyl (C=O) groups is 1. The van der Waals surface area contributed by atoms with E-state index in [9.17, 15) is 17.6 Å². The molecule has 4 aromatic rings. The number of nitrogens with one attached hydrogen (secondary N) is 1. The summed E-state index contributed by atoms with van der Waals surface area (Å²) in [4.78, 5) is 13.2. The summed E-state index contributed by atoms with van der Waals surface area (Å²) in [5.41, 5.74) is 0.856. The van der Waals surface area contributed by atoms with Crippen molar-refractivity contribution in [3.05, 3.63) is 88.5 Å². The quantitative estimate of drug-likeness (QED) is 0.399. The van der Waals surface area contributed by atoms with Gasteiger partial charge in [-0.05, 0) is 60.0 Å². The molecule has 9 heteroatoms. The number of thiophene rings is 1. The van der Waals surface area contributed by atoms with Crippen molar-refractivity contribution < 1.29 is 17.6 Å². The Morgan fingerprint density at radius 3 is 2.48 bits per heavy atom. The Hall–Kier alpha value is -2.94. The van der Waals surface area contributed by atoms with Crippen LogP contribution < -0.4 is 9.62 Å². The van der Waals surface area contributed by atoms with Gasteiger partial charge in [0.2, 0.25) is 0 Å². The first-order valence-corrected chi connectivity index (χ1v) is 11.7. The Bertz CT molecular complexity index is 1390. The van der Waals surface area contributed by atoms with Crippen molar-refractivity contribution in [3.63, 3.8) is 0 Å². The maximum atomic E-state index is 13.3. The molecular weight excluding hydrogens is 459 g/mol. The highest BCUT2D eigenvalue weighted by Crippen LogP contribution is 2.31. The van der Waals surface area contributed by atoms with E-state index >= 15 is 0 Å². The van der Waals surface area contributed by atoms with Gasteiger partial charge in [0.1, 0.15) is 5.82 Å². The molecule has 0 saturated heterocycles. The van der Waals surface area contributed by atoms with Gasteiger partial charge in [0.25, 0.3) is 15.9 Å². The molecule has 0 unspecified atom stereocenters. The van der Waals surface area contributed by atoms with Gasteiger partial charge in [0.15, 0.2) is 0 Å². The third kappa shape index (κ3) is 4.27. The molecule has 0 aliphatic carbocycles. The third-order valence-corrected chi connectivity index (χ3v) is 7.87. The van der Waals surface area contributed by atoms with Crippen LogP contribution in [0.15, 0.2) is 77.7 Å². The van der Waals surface area contributed by atoms with E-state index < -0.39 is 15.8 Å². The molecular formula is C22H16ClFN2O3S2. The third-order valence-electron chi connectivity index (χ3n) is 4.67. The molecule has 0 spiro atoms. The van der Waals surface area contributed by atoms with Crippen LogP contribution >= 0.6 is 22.9 Å². The Balaban J connectivity index is 1.61. The van der Waals surface area contributed by atoms with Gasteiger partial charge in [-0.2, -0.15) is 0 Å². The zero-order chi connectivity index (χ0) is 22.2. The average Bonchev–Trinajstić information content (AvgIpc) is 3.20. The second-order valence-corrected chi connectivity index (χ2v) is 10.2. The number of hydrogen-bond donors (Lipinski definition) is 1. The maximum absolute atomic E-state index is 13.3. The van der Waals surface area contributed by atoms with Gasteiger partial charge in [-0.15, -0.1) is 11.3 Å². The van der Waals surface area contributed by atoms with Gasteiger partial charge in [0, 0.05) is 17.4 Å². The van der Waals surface area contributed by atoms with Crippen molar-refractivity contribution in [2.45, 2.75) is 4.90 Å². The lowest BCUT2D eigenvalue weighted by molar-refractivity contribution is 0.103. The van der Waals surface area contributed by atoms with Crippen LogP contribution in [0.25, 0.3) is 10.1 Å². The van der Waals surface area contributed by atoms with E-state index in [1.807, 2.05) is 0 Å². The second kappa shape index (κ2) is 8.30. The summed E-state index contributed by atoms with van der Waals surface area (Å²) in [7, 11) is -2.22. The molecule has 1 amide bonds. The van der Waals surface area contributed by atoms with Gasteiger partial charge in [-0.1, -0.05) is 29.8 Å². The van der Waals surface area contributed by atoms with Crippen LogP contribution in [-0.2, 0) is 10.0 Å². The summed E-state index contributed by atoms with van der Waals surface area (Å²) in [6.45, 7) is 0. The number of carbonyl (C=O) groups excluding carboxylic acids is 1. The fraction of sp³-hybridized carbons (Fsp3) is 0.0455. The highest BCUT2D eigenvalue weighted by Gasteiger charge is 2.21. The lowest BCUT2D eigenvalue weighted by atomic mass is 10.2. The van der Waals surface area contributed by atoms with Crippen LogP contribution in [-0.4, -0.2) is 21.4 Å². The molecule has 158 valence electrons. The monoisotopic (exact) mass is 474 g/mol. The summed E-state index contributed by atoms with van der Waals surface area (Å²) >= 11 is 7.03. The van der Waals surface area contributed by atoms with Crippen molar-refractivity contribution >= 4 is 60.3 Å². The molecule has 4 rings (SSSR count). The van der Waals surface area contributed by atoms with Gasteiger partial charge in [-0.3, -0.25) is 9.10 Å². The topological polar surface area (TPSA) is 66.5 Å². The molecule has 1 aromatic heterocycles. The normalized spacial score (nSPS) is 11.5. The largest absolute Gasteiger partial charge is 0.321 e. The first-order valence-electron chi connectivity index (χ1n) is 9.10. The molecule has 5 nitrogen and oxygen atoms in total. The number of fused-ring (bicyclic) bond motifs is 1. The van der Waals surface area contributed by atoms with E-state index in [-0.39, 0.29) is 15.8 Å². The molecule has 0 aliphatic rings. The van der Waals surface area contributed by atoms with E-state index in [1.165, 1.54) is 40.9 Å². The number of anilines is 2. The Kier molecular flexibility index (Phi) is 5.70. The Morgan fingerprint density at radius 2 is 1.77 bits per heavy atom. The predicted octanol–water partition coefficient (Wildman–Crippen LogP) is 5.77. The molecule has 0 fully saturated rings. The van der Waals surface area contributed by atoms with Crippen molar-refractivity contribution in [3.8, 4) is 0 Å². The first-order chi connectivity index (χ1) is 14.8. The minimum atomic E-state index is -3.70. The second-order valence-electron chi connectivity index (χ2n) is 6.70. The zero-order valence-electron chi connectivity index (χ0n) is 16.2. The van der Waals surface area contributed by atoms with E-state index in [1.54, 1.807) is 54.6 Å². The minimum Gasteiger partial charge on any atom is -0.321 e. The van der Waals surface area contributed by atoms with Crippen molar-refractivity contribution in [1.29, 1.82) is 0 Å². The molecule has 1 heterocycles. The summed E-state index contributed by atoms with van der Waals surface area (Å²) in [6, 6.07) is 19.0. The molecule has 0 bridgehead atoms. The summed E-state index contributed by atoms with van der Waals surface area (Å²) in [5.74, 6) is -0.931. The fourth-order valence-corrected chi connectivity index (χ4v) is 5.32. The number of amides is 1. The molecule has 0 saturated carbocycles. The van der Waals surface area contributed by atoms with E-state index in [2.05, 4.69) is 5.32 Å². The lowest BCUT2D eigenvalue weighted by Gasteiger charge is -2.19. The number of benzene rings is 3. The van der Waals surface area contributed by atoms with Crippen molar-refractivity contribution in [2.75, 3.05) is 16.7 Å². The summed E-state index contributed by atoms with van der Waals surface area (Å²) in [6.07, 6.45) is 0. The number of rotatable bonds is 5. The highest BCUT2D eigenvalue weighted by atomic mass is 35.5.